The average Bonchev–Trinajstić information content (AvgIpc) is 2.47. The van der Waals surface area contributed by atoms with Crippen molar-refractivity contribution in [3.63, 3.8) is 0 Å². The van der Waals surface area contributed by atoms with Crippen LogP contribution in [0.5, 0.6) is 0 Å². The summed E-state index contributed by atoms with van der Waals surface area (Å²) in [5.74, 6) is 0. The summed E-state index contributed by atoms with van der Waals surface area (Å²) in [6, 6.07) is 11.9. The molecule has 0 aromatic heterocycles. The first kappa shape index (κ1) is 11.9. The van der Waals surface area contributed by atoms with Crippen LogP contribution in [0.4, 0.5) is 5.69 Å². The van der Waals surface area contributed by atoms with Gasteiger partial charge < -0.3 is 10.5 Å². The van der Waals surface area contributed by atoms with Crippen molar-refractivity contribution in [2.75, 3.05) is 18.2 Å². The molecule has 1 aromatic rings. The topological polar surface area (TPSA) is 74.6 Å². The van der Waals surface area contributed by atoms with Gasteiger partial charge in [0.25, 0.3) is 0 Å². The van der Waals surface area contributed by atoms with Crippen molar-refractivity contribution in [1.82, 2.24) is 0 Å². The second-order valence-electron chi connectivity index (χ2n) is 4.48. The first-order valence-corrected chi connectivity index (χ1v) is 6.20. The van der Waals surface area contributed by atoms with E-state index in [4.69, 9.17) is 10.5 Å². The maximum absolute atomic E-state index is 9.35. The van der Waals surface area contributed by atoms with Crippen molar-refractivity contribution in [2.45, 2.75) is 12.6 Å². The van der Waals surface area contributed by atoms with Crippen molar-refractivity contribution in [3.05, 3.63) is 41.5 Å². The van der Waals surface area contributed by atoms with E-state index in [0.717, 1.165) is 17.0 Å². The number of ether oxygens (including phenoxy) is 1. The Labute approximate surface area is 111 Å². The number of nitriles is 1. The molecule has 2 aliphatic rings. The van der Waals surface area contributed by atoms with Gasteiger partial charge in [0.15, 0.2) is 0 Å². The highest BCUT2D eigenvalue weighted by atomic mass is 16.5. The Morgan fingerprint density at radius 1 is 1.37 bits per heavy atom. The van der Waals surface area contributed by atoms with E-state index in [1.807, 2.05) is 30.3 Å². The van der Waals surface area contributed by atoms with E-state index in [2.05, 4.69) is 11.2 Å². The molecule has 0 aliphatic carbocycles. The van der Waals surface area contributed by atoms with Crippen molar-refractivity contribution in [2.24, 2.45) is 10.8 Å². The molecule has 0 radical (unpaired) electrons. The lowest BCUT2D eigenvalue weighted by atomic mass is 9.96. The molecule has 2 aliphatic heterocycles. The van der Waals surface area contributed by atoms with E-state index in [1.54, 1.807) is 5.01 Å². The number of rotatable bonds is 1. The fourth-order valence-electron chi connectivity index (χ4n) is 2.38. The Hall–Kier alpha value is -2.16. The highest BCUT2D eigenvalue weighted by molar-refractivity contribution is 6.04. The van der Waals surface area contributed by atoms with Gasteiger partial charge in [-0.15, -0.1) is 0 Å². The van der Waals surface area contributed by atoms with Gasteiger partial charge in [-0.1, -0.05) is 18.2 Å². The number of fused-ring (bicyclic) bond motifs is 1. The van der Waals surface area contributed by atoms with Crippen LogP contribution < -0.4 is 10.7 Å². The predicted molar refractivity (Wildman–Crippen MR) is 72.4 cm³/mol. The minimum absolute atomic E-state index is 0.441. The minimum atomic E-state index is -0.524. The van der Waals surface area contributed by atoms with Crippen LogP contribution in [-0.2, 0) is 4.74 Å². The zero-order valence-corrected chi connectivity index (χ0v) is 10.4. The summed E-state index contributed by atoms with van der Waals surface area (Å²) in [6.07, 6.45) is 0.183. The Morgan fingerprint density at radius 3 is 2.89 bits per heavy atom. The predicted octanol–water partition coefficient (Wildman–Crippen LogP) is 1.39. The summed E-state index contributed by atoms with van der Waals surface area (Å²) >= 11 is 0. The molecule has 2 heterocycles. The lowest BCUT2D eigenvalue weighted by molar-refractivity contribution is 0.165. The Morgan fingerprint density at radius 2 is 2.16 bits per heavy atom. The number of hydrogen-bond donors (Lipinski definition) is 1. The monoisotopic (exact) mass is 254 g/mol. The van der Waals surface area contributed by atoms with E-state index >= 15 is 0 Å². The zero-order chi connectivity index (χ0) is 13.2. The molecule has 96 valence electrons. The first-order chi connectivity index (χ1) is 9.31. The van der Waals surface area contributed by atoms with Gasteiger partial charge in [-0.2, -0.15) is 10.4 Å². The van der Waals surface area contributed by atoms with Gasteiger partial charge in [0, 0.05) is 0 Å². The fraction of sp³-hybridized carbons (Fsp3) is 0.286. The molecule has 0 amide bonds. The van der Waals surface area contributed by atoms with E-state index < -0.39 is 6.17 Å². The third kappa shape index (κ3) is 2.01. The molecular formula is C14H14N4O. The fourth-order valence-corrected chi connectivity index (χ4v) is 2.38. The van der Waals surface area contributed by atoms with Crippen LogP contribution in [0.1, 0.15) is 6.42 Å². The highest BCUT2D eigenvalue weighted by Gasteiger charge is 2.31. The van der Waals surface area contributed by atoms with Crippen molar-refractivity contribution >= 4 is 11.4 Å². The molecule has 3 rings (SSSR count). The summed E-state index contributed by atoms with van der Waals surface area (Å²) in [4.78, 5) is 0. The number of para-hydroxylation sites is 1. The molecule has 0 saturated carbocycles. The van der Waals surface area contributed by atoms with Crippen molar-refractivity contribution in [1.29, 1.82) is 5.26 Å². The van der Waals surface area contributed by atoms with E-state index in [-0.39, 0.29) is 0 Å². The van der Waals surface area contributed by atoms with Gasteiger partial charge in [-0.05, 0) is 24.1 Å². The van der Waals surface area contributed by atoms with Gasteiger partial charge in [0.2, 0.25) is 0 Å². The quantitative estimate of drug-likeness (QED) is 0.821. The Balaban J connectivity index is 2.04. The molecule has 1 aromatic carbocycles. The number of hydrogen-bond acceptors (Lipinski definition) is 5. The number of anilines is 1. The summed E-state index contributed by atoms with van der Waals surface area (Å²) in [6.45, 7) is 1.06. The molecule has 1 unspecified atom stereocenters. The normalized spacial score (nSPS) is 22.6. The van der Waals surface area contributed by atoms with E-state index in [0.29, 0.717) is 25.2 Å². The van der Waals surface area contributed by atoms with Gasteiger partial charge in [0.1, 0.15) is 6.17 Å². The molecule has 0 bridgehead atoms. The van der Waals surface area contributed by atoms with Crippen LogP contribution in [0, 0.1) is 11.3 Å². The van der Waals surface area contributed by atoms with Crippen LogP contribution in [0.25, 0.3) is 0 Å². The molecule has 2 N–H and O–H groups in total. The van der Waals surface area contributed by atoms with Gasteiger partial charge >= 0.3 is 0 Å². The molecule has 5 heteroatoms. The Bertz CT molecular complexity index is 585. The number of hydrazone groups is 1. The molecule has 1 fully saturated rings. The maximum Gasteiger partial charge on any atom is 0.135 e. The Kier molecular flexibility index (Phi) is 3.03. The van der Waals surface area contributed by atoms with Crippen LogP contribution in [-0.4, -0.2) is 25.1 Å². The molecule has 1 saturated heterocycles. The molecular weight excluding hydrogens is 240 g/mol. The van der Waals surface area contributed by atoms with Crippen LogP contribution in [0.2, 0.25) is 0 Å². The van der Waals surface area contributed by atoms with Crippen molar-refractivity contribution < 1.29 is 4.74 Å². The lowest BCUT2D eigenvalue weighted by Gasteiger charge is -2.34. The summed E-state index contributed by atoms with van der Waals surface area (Å²) in [5.41, 5.74) is 9.41. The number of nitrogens with two attached hydrogens (primary N) is 1. The largest absolute Gasteiger partial charge is 0.375 e. The van der Waals surface area contributed by atoms with Crippen molar-refractivity contribution in [3.8, 4) is 6.07 Å². The van der Waals surface area contributed by atoms with Crippen LogP contribution >= 0.6 is 0 Å². The minimum Gasteiger partial charge on any atom is -0.375 e. The molecule has 1 atom stereocenters. The third-order valence-electron chi connectivity index (χ3n) is 3.34. The first-order valence-electron chi connectivity index (χ1n) is 6.20. The van der Waals surface area contributed by atoms with Gasteiger partial charge in [-0.25, -0.2) is 5.01 Å². The summed E-state index contributed by atoms with van der Waals surface area (Å²) < 4.78 is 5.41. The number of nitrogens with zero attached hydrogens (tertiary/aromatic N) is 3. The molecule has 0 spiro atoms. The maximum atomic E-state index is 9.35. The van der Waals surface area contributed by atoms with E-state index in [1.165, 1.54) is 0 Å². The second kappa shape index (κ2) is 4.84. The average molecular weight is 254 g/mol. The number of benzene rings is 1. The molecule has 5 nitrogen and oxygen atoms in total. The molecule has 19 heavy (non-hydrogen) atoms. The second-order valence-corrected chi connectivity index (χ2v) is 4.48. The standard InChI is InChI=1S/C14H14N4O/c15-8-12-11-6-7-19-9-13(11)17-18(14(12)16)10-4-2-1-3-5-10/h1-5,14H,6-7,9,16H2. The van der Waals surface area contributed by atoms with E-state index in [9.17, 15) is 5.26 Å². The van der Waals surface area contributed by atoms with Gasteiger partial charge in [-0.3, -0.25) is 0 Å². The highest BCUT2D eigenvalue weighted by Crippen LogP contribution is 2.28. The van der Waals surface area contributed by atoms with Gasteiger partial charge in [0.05, 0.1) is 36.3 Å². The summed E-state index contributed by atoms with van der Waals surface area (Å²) in [7, 11) is 0. The lowest BCUT2D eigenvalue weighted by Crippen LogP contribution is -2.46. The SMILES string of the molecule is N#CC1=C2CCOCC2=NN(c2ccccc2)C1N. The zero-order valence-electron chi connectivity index (χ0n) is 10.4. The summed E-state index contributed by atoms with van der Waals surface area (Å²) in [5, 5.41) is 15.6. The third-order valence-corrected chi connectivity index (χ3v) is 3.34. The smallest absolute Gasteiger partial charge is 0.135 e. The van der Waals surface area contributed by atoms with Crippen LogP contribution in [0.3, 0.4) is 0 Å². The van der Waals surface area contributed by atoms with Crippen LogP contribution in [0.15, 0.2) is 46.6 Å².